The normalized spacial score (nSPS) is 14.6. The third kappa shape index (κ3) is 4.88. The van der Waals surface area contributed by atoms with Crippen molar-refractivity contribution in [2.45, 2.75) is 31.5 Å². The Bertz CT molecular complexity index is 740. The molecule has 1 atom stereocenters. The molecule has 1 amide bonds. The Morgan fingerprint density at radius 2 is 1.92 bits per heavy atom. The number of aromatic nitrogens is 2. The van der Waals surface area contributed by atoms with Gasteiger partial charge in [0.05, 0.1) is 25.0 Å². The van der Waals surface area contributed by atoms with Gasteiger partial charge in [-0.2, -0.15) is 0 Å². The van der Waals surface area contributed by atoms with E-state index in [4.69, 9.17) is 9.47 Å². The van der Waals surface area contributed by atoms with Crippen LogP contribution in [-0.4, -0.2) is 34.8 Å². The average molecular weight is 373 g/mol. The van der Waals surface area contributed by atoms with Crippen LogP contribution in [0.3, 0.4) is 0 Å². The molecule has 6 nitrogen and oxygen atoms in total. The van der Waals surface area contributed by atoms with Crippen LogP contribution in [0.2, 0.25) is 0 Å². The molecular formula is C19H23N3O3S. The van der Waals surface area contributed by atoms with Crippen LogP contribution in [0.4, 0.5) is 0 Å². The molecule has 0 bridgehead atoms. The summed E-state index contributed by atoms with van der Waals surface area (Å²) in [5.74, 6) is 1.97. The van der Waals surface area contributed by atoms with Crippen LogP contribution in [0.15, 0.2) is 41.8 Å². The maximum absolute atomic E-state index is 12.4. The molecule has 0 saturated heterocycles. The zero-order chi connectivity index (χ0) is 18.4. The van der Waals surface area contributed by atoms with Crippen molar-refractivity contribution in [2.75, 3.05) is 19.0 Å². The van der Waals surface area contributed by atoms with Gasteiger partial charge in [0.15, 0.2) is 16.7 Å². The third-order valence-electron chi connectivity index (χ3n) is 3.99. The molecule has 0 spiro atoms. The van der Waals surface area contributed by atoms with Crippen molar-refractivity contribution >= 4 is 17.7 Å². The monoisotopic (exact) mass is 373 g/mol. The number of benzene rings is 1. The van der Waals surface area contributed by atoms with Gasteiger partial charge in [-0.15, -0.1) is 0 Å². The molecule has 1 N–H and O–H groups in total. The number of rotatable bonds is 6. The number of carbonyl (C=O) groups excluding carboxylic acids is 1. The summed E-state index contributed by atoms with van der Waals surface area (Å²) in [7, 11) is 0. The van der Waals surface area contributed by atoms with Crippen LogP contribution in [0.1, 0.15) is 31.9 Å². The van der Waals surface area contributed by atoms with Crippen LogP contribution in [0.5, 0.6) is 11.5 Å². The Kier molecular flexibility index (Phi) is 6.33. The fourth-order valence-corrected chi connectivity index (χ4v) is 3.33. The molecule has 2 heterocycles. The van der Waals surface area contributed by atoms with E-state index in [1.165, 1.54) is 11.8 Å². The Morgan fingerprint density at radius 3 is 2.65 bits per heavy atom. The van der Waals surface area contributed by atoms with Gasteiger partial charge in [-0.25, -0.2) is 9.97 Å². The lowest BCUT2D eigenvalue weighted by atomic mass is 9.95. The smallest absolute Gasteiger partial charge is 0.230 e. The van der Waals surface area contributed by atoms with Crippen molar-refractivity contribution in [1.29, 1.82) is 0 Å². The summed E-state index contributed by atoms with van der Waals surface area (Å²) in [5.41, 5.74) is 1.01. The Hall–Kier alpha value is -2.28. The van der Waals surface area contributed by atoms with Gasteiger partial charge in [-0.05, 0) is 29.7 Å². The van der Waals surface area contributed by atoms with Gasteiger partial charge in [0.2, 0.25) is 5.91 Å². The third-order valence-corrected chi connectivity index (χ3v) is 4.86. The van der Waals surface area contributed by atoms with Crippen molar-refractivity contribution in [3.63, 3.8) is 0 Å². The highest BCUT2D eigenvalue weighted by atomic mass is 32.2. The first kappa shape index (κ1) is 18.5. The summed E-state index contributed by atoms with van der Waals surface area (Å²) in [6, 6.07) is 7.54. The average Bonchev–Trinajstić information content (AvgIpc) is 2.90. The predicted molar refractivity (Wildman–Crippen MR) is 101 cm³/mol. The summed E-state index contributed by atoms with van der Waals surface area (Å²) >= 11 is 1.32. The SMILES string of the molecule is CC(C)[C@H](NC(=O)CSc1ncccn1)c1ccc2c(c1)OCCCO2. The van der Waals surface area contributed by atoms with Crippen molar-refractivity contribution in [2.24, 2.45) is 5.92 Å². The Morgan fingerprint density at radius 1 is 1.19 bits per heavy atom. The molecule has 0 radical (unpaired) electrons. The van der Waals surface area contributed by atoms with E-state index in [0.717, 1.165) is 23.5 Å². The summed E-state index contributed by atoms with van der Waals surface area (Å²) in [6.07, 6.45) is 4.21. The van der Waals surface area contributed by atoms with Gasteiger partial charge in [0.25, 0.3) is 0 Å². The second-order valence-electron chi connectivity index (χ2n) is 6.37. The molecule has 1 aromatic heterocycles. The van der Waals surface area contributed by atoms with Gasteiger partial charge in [-0.1, -0.05) is 31.7 Å². The Balaban J connectivity index is 1.67. The zero-order valence-corrected chi connectivity index (χ0v) is 15.8. The minimum absolute atomic E-state index is 0.0479. The van der Waals surface area contributed by atoms with Gasteiger partial charge in [0.1, 0.15) is 0 Å². The van der Waals surface area contributed by atoms with Gasteiger partial charge >= 0.3 is 0 Å². The zero-order valence-electron chi connectivity index (χ0n) is 15.0. The number of nitrogens with zero attached hydrogens (tertiary/aromatic N) is 2. The minimum Gasteiger partial charge on any atom is -0.490 e. The van der Waals surface area contributed by atoms with Crippen molar-refractivity contribution < 1.29 is 14.3 Å². The van der Waals surface area contributed by atoms with E-state index in [2.05, 4.69) is 29.1 Å². The van der Waals surface area contributed by atoms with Gasteiger partial charge < -0.3 is 14.8 Å². The summed E-state index contributed by atoms with van der Waals surface area (Å²) in [5, 5.41) is 3.71. The maximum Gasteiger partial charge on any atom is 0.230 e. The molecule has 0 aliphatic carbocycles. The molecule has 2 aromatic rings. The molecule has 1 aliphatic rings. The molecule has 26 heavy (non-hydrogen) atoms. The highest BCUT2D eigenvalue weighted by Crippen LogP contribution is 2.34. The Labute approximate surface area is 157 Å². The predicted octanol–water partition coefficient (Wildman–Crippen LogP) is 3.24. The van der Waals surface area contributed by atoms with E-state index in [-0.39, 0.29) is 23.6 Å². The topological polar surface area (TPSA) is 73.3 Å². The summed E-state index contributed by atoms with van der Waals surface area (Å²) in [4.78, 5) is 20.6. The highest BCUT2D eigenvalue weighted by molar-refractivity contribution is 7.99. The van der Waals surface area contributed by atoms with Crippen molar-refractivity contribution in [3.8, 4) is 11.5 Å². The molecule has 0 unspecified atom stereocenters. The number of amides is 1. The number of ether oxygens (including phenoxy) is 2. The van der Waals surface area contributed by atoms with Crippen LogP contribution >= 0.6 is 11.8 Å². The number of nitrogens with one attached hydrogen (secondary N) is 1. The molecule has 0 fully saturated rings. The fourth-order valence-electron chi connectivity index (χ4n) is 2.71. The van der Waals surface area contributed by atoms with Crippen LogP contribution < -0.4 is 14.8 Å². The minimum atomic E-state index is -0.100. The summed E-state index contributed by atoms with van der Waals surface area (Å²) < 4.78 is 11.5. The van der Waals surface area contributed by atoms with Crippen molar-refractivity contribution in [3.05, 3.63) is 42.2 Å². The highest BCUT2D eigenvalue weighted by Gasteiger charge is 2.21. The van der Waals surface area contributed by atoms with Crippen molar-refractivity contribution in [1.82, 2.24) is 15.3 Å². The second kappa shape index (κ2) is 8.89. The number of thioether (sulfide) groups is 1. The lowest BCUT2D eigenvalue weighted by Crippen LogP contribution is -2.33. The molecular weight excluding hydrogens is 350 g/mol. The first-order valence-electron chi connectivity index (χ1n) is 8.72. The number of carbonyl (C=O) groups is 1. The van der Waals surface area contributed by atoms with Crippen LogP contribution in [0, 0.1) is 5.92 Å². The first-order valence-corrected chi connectivity index (χ1v) is 9.71. The molecule has 1 aliphatic heterocycles. The van der Waals surface area contributed by atoms with Gasteiger partial charge in [-0.3, -0.25) is 4.79 Å². The van der Waals surface area contributed by atoms with E-state index in [0.29, 0.717) is 18.4 Å². The fraction of sp³-hybridized carbons (Fsp3) is 0.421. The molecule has 0 saturated carbocycles. The second-order valence-corrected chi connectivity index (χ2v) is 7.31. The number of fused-ring (bicyclic) bond motifs is 1. The number of hydrogen-bond donors (Lipinski definition) is 1. The lowest BCUT2D eigenvalue weighted by Gasteiger charge is -2.23. The van der Waals surface area contributed by atoms with E-state index < -0.39 is 0 Å². The molecule has 1 aromatic carbocycles. The standard InChI is InChI=1S/C19H23N3O3S/c1-13(2)18(22-17(23)12-26-19-20-7-3-8-21-19)14-5-6-15-16(11-14)25-10-4-9-24-15/h3,5-8,11,13,18H,4,9-10,12H2,1-2H3,(H,22,23)/t18-/m0/s1. The van der Waals surface area contributed by atoms with Gasteiger partial charge in [0, 0.05) is 18.8 Å². The maximum atomic E-state index is 12.4. The first-order chi connectivity index (χ1) is 12.6. The largest absolute Gasteiger partial charge is 0.490 e. The van der Waals surface area contributed by atoms with E-state index in [1.54, 1.807) is 18.5 Å². The van der Waals surface area contributed by atoms with Crippen LogP contribution in [0.25, 0.3) is 0 Å². The van der Waals surface area contributed by atoms with E-state index in [9.17, 15) is 4.79 Å². The lowest BCUT2D eigenvalue weighted by molar-refractivity contribution is -0.119. The van der Waals surface area contributed by atoms with E-state index in [1.807, 2.05) is 18.2 Å². The van der Waals surface area contributed by atoms with Crippen LogP contribution in [-0.2, 0) is 4.79 Å². The molecule has 7 heteroatoms. The molecule has 138 valence electrons. The number of hydrogen-bond acceptors (Lipinski definition) is 6. The molecule has 3 rings (SSSR count). The van der Waals surface area contributed by atoms with E-state index >= 15 is 0 Å². The quantitative estimate of drug-likeness (QED) is 0.619. The summed E-state index contributed by atoms with van der Waals surface area (Å²) in [6.45, 7) is 5.47.